The Balaban J connectivity index is 2.98. The Bertz CT molecular complexity index is 489. The van der Waals surface area contributed by atoms with E-state index in [4.69, 9.17) is 5.73 Å². The lowest BCUT2D eigenvalue weighted by Gasteiger charge is -2.19. The first-order valence-corrected chi connectivity index (χ1v) is 6.93. The largest absolute Gasteiger partial charge is 0.393 e. The third-order valence-electron chi connectivity index (χ3n) is 3.65. The van der Waals surface area contributed by atoms with Crippen LogP contribution in [0.3, 0.4) is 0 Å². The Labute approximate surface area is 119 Å². The summed E-state index contributed by atoms with van der Waals surface area (Å²) in [6.07, 6.45) is 0.996. The SMILES string of the molecule is CCNC(CC)CNc1cc([N+](=O)[O-])c(N)c(C)c1C. The highest BCUT2D eigenvalue weighted by Gasteiger charge is 2.18. The van der Waals surface area contributed by atoms with Gasteiger partial charge in [-0.25, -0.2) is 0 Å². The van der Waals surface area contributed by atoms with Gasteiger partial charge in [0, 0.05) is 24.3 Å². The maximum atomic E-state index is 11.0. The smallest absolute Gasteiger partial charge is 0.294 e. The second-order valence-corrected chi connectivity index (χ2v) is 4.91. The number of nitrogen functional groups attached to an aromatic ring is 1. The van der Waals surface area contributed by atoms with E-state index in [0.717, 1.165) is 36.3 Å². The lowest BCUT2D eigenvalue weighted by Crippen LogP contribution is -2.34. The summed E-state index contributed by atoms with van der Waals surface area (Å²) >= 11 is 0. The Morgan fingerprint density at radius 1 is 1.35 bits per heavy atom. The molecule has 6 nitrogen and oxygen atoms in total. The third-order valence-corrected chi connectivity index (χ3v) is 3.65. The number of anilines is 2. The summed E-state index contributed by atoms with van der Waals surface area (Å²) in [5.74, 6) is 0. The zero-order chi connectivity index (χ0) is 15.3. The summed E-state index contributed by atoms with van der Waals surface area (Å²) in [6, 6.07) is 1.87. The number of rotatable bonds is 7. The maximum absolute atomic E-state index is 11.0. The molecule has 0 saturated carbocycles. The minimum atomic E-state index is -0.436. The van der Waals surface area contributed by atoms with Crippen molar-refractivity contribution < 1.29 is 4.92 Å². The molecule has 1 unspecified atom stereocenters. The number of nitrogens with one attached hydrogen (secondary N) is 2. The van der Waals surface area contributed by atoms with Crippen molar-refractivity contribution >= 4 is 17.1 Å². The minimum Gasteiger partial charge on any atom is -0.393 e. The maximum Gasteiger partial charge on any atom is 0.294 e. The van der Waals surface area contributed by atoms with Gasteiger partial charge >= 0.3 is 0 Å². The lowest BCUT2D eigenvalue weighted by atomic mass is 10.0. The van der Waals surface area contributed by atoms with Gasteiger partial charge in [0.2, 0.25) is 0 Å². The second-order valence-electron chi connectivity index (χ2n) is 4.91. The molecule has 1 aromatic rings. The van der Waals surface area contributed by atoms with Crippen LogP contribution in [0.4, 0.5) is 17.1 Å². The van der Waals surface area contributed by atoms with Crippen LogP contribution in [0.2, 0.25) is 0 Å². The molecule has 0 aliphatic carbocycles. The fourth-order valence-corrected chi connectivity index (χ4v) is 2.14. The normalized spacial score (nSPS) is 12.2. The topological polar surface area (TPSA) is 93.2 Å². The number of likely N-dealkylation sites (N-methyl/N-ethyl adjacent to an activating group) is 1. The Morgan fingerprint density at radius 2 is 2.00 bits per heavy atom. The molecule has 1 rings (SSSR count). The van der Waals surface area contributed by atoms with Gasteiger partial charge in [0.1, 0.15) is 5.69 Å². The summed E-state index contributed by atoms with van der Waals surface area (Å²) in [5, 5.41) is 17.7. The molecule has 1 aromatic carbocycles. The van der Waals surface area contributed by atoms with E-state index in [2.05, 4.69) is 24.5 Å². The Kier molecular flexibility index (Phi) is 5.76. The Hall–Kier alpha value is -1.82. The average molecular weight is 280 g/mol. The number of nitrogens with zero attached hydrogens (tertiary/aromatic N) is 1. The standard InChI is InChI=1S/C14H24N4O2/c1-5-11(16-6-2)8-17-12-7-13(18(19)20)14(15)10(4)9(12)3/h7,11,16-17H,5-6,8,15H2,1-4H3. The van der Waals surface area contributed by atoms with Crippen molar-refractivity contribution in [2.24, 2.45) is 0 Å². The van der Waals surface area contributed by atoms with Gasteiger partial charge in [0.25, 0.3) is 5.69 Å². The highest BCUT2D eigenvalue weighted by molar-refractivity contribution is 5.73. The zero-order valence-corrected chi connectivity index (χ0v) is 12.6. The van der Waals surface area contributed by atoms with Crippen LogP contribution >= 0.6 is 0 Å². The summed E-state index contributed by atoms with van der Waals surface area (Å²) in [5.41, 5.74) is 8.51. The zero-order valence-electron chi connectivity index (χ0n) is 12.6. The predicted octanol–water partition coefficient (Wildman–Crippen LogP) is 2.59. The van der Waals surface area contributed by atoms with E-state index in [1.807, 2.05) is 13.8 Å². The van der Waals surface area contributed by atoms with E-state index in [9.17, 15) is 10.1 Å². The first-order valence-electron chi connectivity index (χ1n) is 6.93. The molecule has 0 aromatic heterocycles. The van der Waals surface area contributed by atoms with Crippen LogP contribution in [0.15, 0.2) is 6.07 Å². The average Bonchev–Trinajstić information content (AvgIpc) is 2.42. The molecule has 20 heavy (non-hydrogen) atoms. The molecule has 0 bridgehead atoms. The van der Waals surface area contributed by atoms with E-state index in [1.165, 1.54) is 6.07 Å². The number of benzene rings is 1. The minimum absolute atomic E-state index is 0.0351. The van der Waals surface area contributed by atoms with Crippen molar-refractivity contribution in [2.45, 2.75) is 40.2 Å². The van der Waals surface area contributed by atoms with Crippen molar-refractivity contribution in [3.8, 4) is 0 Å². The van der Waals surface area contributed by atoms with Crippen LogP contribution in [0, 0.1) is 24.0 Å². The summed E-state index contributed by atoms with van der Waals surface area (Å²) in [7, 11) is 0. The fraction of sp³-hybridized carbons (Fsp3) is 0.571. The summed E-state index contributed by atoms with van der Waals surface area (Å²) < 4.78 is 0. The van der Waals surface area contributed by atoms with E-state index in [0.29, 0.717) is 6.04 Å². The molecule has 0 radical (unpaired) electrons. The predicted molar refractivity (Wildman–Crippen MR) is 83.2 cm³/mol. The highest BCUT2D eigenvalue weighted by atomic mass is 16.6. The molecule has 0 saturated heterocycles. The molecule has 1 atom stereocenters. The number of nitro benzene ring substituents is 1. The third kappa shape index (κ3) is 3.60. The Morgan fingerprint density at radius 3 is 2.50 bits per heavy atom. The number of hydrogen-bond donors (Lipinski definition) is 3. The van der Waals surface area contributed by atoms with Gasteiger partial charge in [0.15, 0.2) is 0 Å². The number of nitrogens with two attached hydrogens (primary N) is 1. The van der Waals surface area contributed by atoms with Crippen molar-refractivity contribution in [2.75, 3.05) is 24.1 Å². The van der Waals surface area contributed by atoms with E-state index in [1.54, 1.807) is 0 Å². The number of hydrogen-bond acceptors (Lipinski definition) is 5. The molecule has 0 aliphatic heterocycles. The summed E-state index contributed by atoms with van der Waals surface area (Å²) in [6.45, 7) is 9.53. The van der Waals surface area contributed by atoms with E-state index >= 15 is 0 Å². The quantitative estimate of drug-likeness (QED) is 0.405. The van der Waals surface area contributed by atoms with Crippen molar-refractivity contribution in [1.29, 1.82) is 0 Å². The van der Waals surface area contributed by atoms with Crippen LogP contribution in [0.25, 0.3) is 0 Å². The van der Waals surface area contributed by atoms with Gasteiger partial charge in [-0.3, -0.25) is 10.1 Å². The van der Waals surface area contributed by atoms with Crippen LogP contribution in [0.5, 0.6) is 0 Å². The lowest BCUT2D eigenvalue weighted by molar-refractivity contribution is -0.383. The first kappa shape index (κ1) is 16.2. The van der Waals surface area contributed by atoms with Crippen LogP contribution in [-0.4, -0.2) is 24.1 Å². The summed E-state index contributed by atoms with van der Waals surface area (Å²) in [4.78, 5) is 10.6. The number of nitro groups is 1. The van der Waals surface area contributed by atoms with Crippen LogP contribution in [0.1, 0.15) is 31.4 Å². The fourth-order valence-electron chi connectivity index (χ4n) is 2.14. The van der Waals surface area contributed by atoms with Crippen LogP contribution in [-0.2, 0) is 0 Å². The molecule has 0 spiro atoms. The molecule has 0 aliphatic rings. The van der Waals surface area contributed by atoms with Gasteiger partial charge < -0.3 is 16.4 Å². The first-order chi connectivity index (χ1) is 9.42. The molecular weight excluding hydrogens is 256 g/mol. The molecule has 4 N–H and O–H groups in total. The molecule has 112 valence electrons. The van der Waals surface area contributed by atoms with E-state index in [-0.39, 0.29) is 11.4 Å². The molecule has 0 heterocycles. The molecule has 0 amide bonds. The van der Waals surface area contributed by atoms with Crippen molar-refractivity contribution in [3.63, 3.8) is 0 Å². The van der Waals surface area contributed by atoms with Gasteiger partial charge in [-0.05, 0) is 37.9 Å². The molecular formula is C14H24N4O2. The van der Waals surface area contributed by atoms with Crippen molar-refractivity contribution in [1.82, 2.24) is 5.32 Å². The van der Waals surface area contributed by atoms with Gasteiger partial charge in [-0.1, -0.05) is 13.8 Å². The van der Waals surface area contributed by atoms with Crippen molar-refractivity contribution in [3.05, 3.63) is 27.3 Å². The van der Waals surface area contributed by atoms with E-state index < -0.39 is 4.92 Å². The molecule has 0 fully saturated rings. The van der Waals surface area contributed by atoms with Gasteiger partial charge in [-0.2, -0.15) is 0 Å². The second kappa shape index (κ2) is 7.09. The molecule has 6 heteroatoms. The highest BCUT2D eigenvalue weighted by Crippen LogP contribution is 2.33. The van der Waals surface area contributed by atoms with Gasteiger partial charge in [0.05, 0.1) is 4.92 Å². The van der Waals surface area contributed by atoms with Crippen LogP contribution < -0.4 is 16.4 Å². The monoisotopic (exact) mass is 280 g/mol. The van der Waals surface area contributed by atoms with Gasteiger partial charge in [-0.15, -0.1) is 0 Å².